The number of Topliss-reactive ketones (excluding diaryl/α,β-unsaturated/α-hetero) is 1. The maximum absolute atomic E-state index is 13.3. The number of carbonyl (C=O) groups is 3. The summed E-state index contributed by atoms with van der Waals surface area (Å²) in [5, 5.41) is 11.4. The number of pyridine rings is 1. The van der Waals surface area contributed by atoms with E-state index < -0.39 is 29.5 Å². The SMILES string of the molecule is COc1ccc(/C(O)=C2\C(=O)C(=O)N(c3cccc(C(=O)OC(C)C)c3)C2c2cccnc2)cc1Cl. The number of aromatic nitrogens is 1. The zero-order valence-corrected chi connectivity index (χ0v) is 20.5. The van der Waals surface area contributed by atoms with E-state index in [0.717, 1.165) is 0 Å². The molecule has 0 bridgehead atoms. The third-order valence-corrected chi connectivity index (χ3v) is 5.87. The Morgan fingerprint density at radius 1 is 1.08 bits per heavy atom. The van der Waals surface area contributed by atoms with Crippen molar-refractivity contribution in [3.63, 3.8) is 0 Å². The van der Waals surface area contributed by atoms with E-state index in [1.54, 1.807) is 56.4 Å². The number of methoxy groups -OCH3 is 1. The fourth-order valence-corrected chi connectivity index (χ4v) is 4.24. The third kappa shape index (κ3) is 4.67. The molecule has 1 saturated heterocycles. The smallest absolute Gasteiger partial charge is 0.338 e. The molecule has 1 unspecified atom stereocenters. The molecule has 0 saturated carbocycles. The quantitative estimate of drug-likeness (QED) is 0.218. The van der Waals surface area contributed by atoms with E-state index in [1.807, 2.05) is 0 Å². The van der Waals surface area contributed by atoms with Gasteiger partial charge >= 0.3 is 5.97 Å². The summed E-state index contributed by atoms with van der Waals surface area (Å²) in [5.41, 5.74) is 1.10. The first-order valence-corrected chi connectivity index (χ1v) is 11.5. The van der Waals surface area contributed by atoms with Crippen molar-refractivity contribution >= 4 is 40.7 Å². The summed E-state index contributed by atoms with van der Waals surface area (Å²) < 4.78 is 10.4. The van der Waals surface area contributed by atoms with Crippen molar-refractivity contribution in [2.24, 2.45) is 0 Å². The fourth-order valence-electron chi connectivity index (χ4n) is 3.99. The molecule has 0 spiro atoms. The van der Waals surface area contributed by atoms with Crippen LogP contribution in [-0.4, -0.2) is 41.0 Å². The Balaban J connectivity index is 1.88. The van der Waals surface area contributed by atoms with Crippen LogP contribution in [0.4, 0.5) is 5.69 Å². The Bertz CT molecular complexity index is 1370. The minimum absolute atomic E-state index is 0.135. The number of rotatable bonds is 6. The number of ketones is 1. The standard InChI is InChI=1S/C27H23ClN2O6/c1-15(2)36-27(34)17-6-4-8-19(12-17)30-23(18-7-5-11-29-14-18)22(25(32)26(30)33)24(31)16-9-10-21(35-3)20(28)13-16/h4-15,23,31H,1-3H3/b24-22+. The molecule has 2 aromatic carbocycles. The van der Waals surface area contributed by atoms with Crippen LogP contribution in [0, 0.1) is 0 Å². The Labute approximate surface area is 212 Å². The van der Waals surface area contributed by atoms with Crippen LogP contribution in [0.5, 0.6) is 5.75 Å². The second-order valence-corrected chi connectivity index (χ2v) is 8.72. The second kappa shape index (κ2) is 10.2. The van der Waals surface area contributed by atoms with Gasteiger partial charge in [0, 0.05) is 23.6 Å². The summed E-state index contributed by atoms with van der Waals surface area (Å²) in [5.74, 6) is -2.32. The van der Waals surface area contributed by atoms with Crippen molar-refractivity contribution in [3.05, 3.63) is 94.3 Å². The minimum Gasteiger partial charge on any atom is -0.507 e. The van der Waals surface area contributed by atoms with E-state index in [2.05, 4.69) is 4.98 Å². The second-order valence-electron chi connectivity index (χ2n) is 8.31. The summed E-state index contributed by atoms with van der Waals surface area (Å²) in [6.45, 7) is 3.46. The van der Waals surface area contributed by atoms with Crippen LogP contribution in [0.3, 0.4) is 0 Å². The Morgan fingerprint density at radius 2 is 1.86 bits per heavy atom. The highest BCUT2D eigenvalue weighted by Gasteiger charge is 2.47. The lowest BCUT2D eigenvalue weighted by Crippen LogP contribution is -2.29. The van der Waals surface area contributed by atoms with E-state index in [-0.39, 0.29) is 33.5 Å². The van der Waals surface area contributed by atoms with Gasteiger partial charge in [-0.05, 0) is 61.9 Å². The van der Waals surface area contributed by atoms with Gasteiger partial charge in [-0.3, -0.25) is 19.5 Å². The van der Waals surface area contributed by atoms with Crippen molar-refractivity contribution in [1.29, 1.82) is 0 Å². The van der Waals surface area contributed by atoms with Crippen molar-refractivity contribution in [3.8, 4) is 5.75 Å². The Kier molecular flexibility index (Phi) is 7.07. The van der Waals surface area contributed by atoms with Crippen LogP contribution in [0.25, 0.3) is 5.76 Å². The number of halogens is 1. The van der Waals surface area contributed by atoms with E-state index in [1.165, 1.54) is 36.4 Å². The average Bonchev–Trinajstić information content (AvgIpc) is 3.14. The lowest BCUT2D eigenvalue weighted by atomic mass is 9.96. The van der Waals surface area contributed by atoms with Gasteiger partial charge < -0.3 is 14.6 Å². The van der Waals surface area contributed by atoms with Gasteiger partial charge in [0.05, 0.1) is 35.4 Å². The number of aliphatic hydroxyl groups is 1. The maximum Gasteiger partial charge on any atom is 0.338 e. The lowest BCUT2D eigenvalue weighted by Gasteiger charge is -2.25. The van der Waals surface area contributed by atoms with Crippen molar-refractivity contribution in [1.82, 2.24) is 4.98 Å². The van der Waals surface area contributed by atoms with Crippen LogP contribution >= 0.6 is 11.6 Å². The molecule has 1 atom stereocenters. The number of aliphatic hydroxyl groups excluding tert-OH is 1. The number of ether oxygens (including phenoxy) is 2. The molecule has 1 amide bonds. The highest BCUT2D eigenvalue weighted by molar-refractivity contribution is 6.51. The zero-order chi connectivity index (χ0) is 26.0. The molecule has 1 aromatic heterocycles. The third-order valence-electron chi connectivity index (χ3n) is 5.57. The molecule has 4 rings (SSSR count). The molecular weight excluding hydrogens is 484 g/mol. The topological polar surface area (TPSA) is 106 Å². The Morgan fingerprint density at radius 3 is 2.50 bits per heavy atom. The fraction of sp³-hybridized carbons (Fsp3) is 0.185. The number of hydrogen-bond donors (Lipinski definition) is 1. The molecule has 184 valence electrons. The molecule has 1 aliphatic heterocycles. The first-order chi connectivity index (χ1) is 17.2. The molecule has 8 nitrogen and oxygen atoms in total. The number of carbonyl (C=O) groups excluding carboxylic acids is 3. The van der Waals surface area contributed by atoms with Crippen molar-refractivity contribution in [2.75, 3.05) is 12.0 Å². The summed E-state index contributed by atoms with van der Waals surface area (Å²) in [6.07, 6.45) is 2.73. The molecule has 0 aliphatic carbocycles. The molecular formula is C27H23ClN2O6. The molecule has 1 N–H and O–H groups in total. The molecule has 1 aliphatic rings. The number of nitrogens with zero attached hydrogens (tertiary/aromatic N) is 2. The van der Waals surface area contributed by atoms with Crippen molar-refractivity contribution in [2.45, 2.75) is 26.0 Å². The normalized spacial score (nSPS) is 16.9. The van der Waals surface area contributed by atoms with E-state index in [4.69, 9.17) is 21.1 Å². The maximum atomic E-state index is 13.3. The van der Waals surface area contributed by atoms with Crippen LogP contribution in [-0.2, 0) is 14.3 Å². The largest absolute Gasteiger partial charge is 0.507 e. The van der Waals surface area contributed by atoms with Gasteiger partial charge in [0.2, 0.25) is 0 Å². The first kappa shape index (κ1) is 24.9. The van der Waals surface area contributed by atoms with E-state index in [9.17, 15) is 19.5 Å². The predicted molar refractivity (Wildman–Crippen MR) is 134 cm³/mol. The molecule has 3 aromatic rings. The number of esters is 1. The first-order valence-electron chi connectivity index (χ1n) is 11.1. The average molecular weight is 507 g/mol. The van der Waals surface area contributed by atoms with Gasteiger partial charge in [-0.25, -0.2) is 4.79 Å². The number of amides is 1. The number of hydrogen-bond acceptors (Lipinski definition) is 7. The minimum atomic E-state index is -1.00. The lowest BCUT2D eigenvalue weighted by molar-refractivity contribution is -0.132. The van der Waals surface area contributed by atoms with E-state index >= 15 is 0 Å². The molecule has 9 heteroatoms. The van der Waals surface area contributed by atoms with Crippen LogP contribution < -0.4 is 9.64 Å². The molecule has 0 radical (unpaired) electrons. The van der Waals surface area contributed by atoms with Gasteiger partial charge in [0.15, 0.2) is 0 Å². The molecule has 1 fully saturated rings. The van der Waals surface area contributed by atoms with E-state index in [0.29, 0.717) is 11.3 Å². The highest BCUT2D eigenvalue weighted by atomic mass is 35.5. The van der Waals surface area contributed by atoms with Gasteiger partial charge in [-0.2, -0.15) is 0 Å². The Hall–Kier alpha value is -4.17. The van der Waals surface area contributed by atoms with Crippen LogP contribution in [0.2, 0.25) is 5.02 Å². The summed E-state index contributed by atoms with van der Waals surface area (Å²) >= 11 is 6.23. The van der Waals surface area contributed by atoms with Crippen LogP contribution in [0.15, 0.2) is 72.6 Å². The van der Waals surface area contributed by atoms with Gasteiger partial charge in [0.25, 0.3) is 11.7 Å². The molecule has 36 heavy (non-hydrogen) atoms. The molecule has 2 heterocycles. The van der Waals surface area contributed by atoms with Crippen LogP contribution in [0.1, 0.15) is 41.4 Å². The summed E-state index contributed by atoms with van der Waals surface area (Å²) in [4.78, 5) is 44.4. The summed E-state index contributed by atoms with van der Waals surface area (Å²) in [7, 11) is 1.46. The number of anilines is 1. The van der Waals surface area contributed by atoms with Crippen molar-refractivity contribution < 1.29 is 29.0 Å². The van der Waals surface area contributed by atoms with Gasteiger partial charge in [-0.1, -0.05) is 23.7 Å². The summed E-state index contributed by atoms with van der Waals surface area (Å²) in [6, 6.07) is 13.1. The number of benzene rings is 2. The van der Waals surface area contributed by atoms with Gasteiger partial charge in [-0.15, -0.1) is 0 Å². The predicted octanol–water partition coefficient (Wildman–Crippen LogP) is 4.94. The highest BCUT2D eigenvalue weighted by Crippen LogP contribution is 2.42. The monoisotopic (exact) mass is 506 g/mol. The van der Waals surface area contributed by atoms with Gasteiger partial charge in [0.1, 0.15) is 11.5 Å². The zero-order valence-electron chi connectivity index (χ0n) is 19.8.